The number of thiocarbonyl (C=S) groups is 1. The Balaban J connectivity index is 1.74. The predicted octanol–water partition coefficient (Wildman–Crippen LogP) is 4.98. The van der Waals surface area contributed by atoms with Gasteiger partial charge in [-0.25, -0.2) is 0 Å². The van der Waals surface area contributed by atoms with Gasteiger partial charge in [0.05, 0.1) is 29.9 Å². The first-order valence-electron chi connectivity index (χ1n) is 8.79. The summed E-state index contributed by atoms with van der Waals surface area (Å²) in [6.45, 7) is 5.85. The second-order valence-corrected chi connectivity index (χ2v) is 7.24. The molecule has 2 aromatic rings. The number of benzene rings is 2. The molecule has 4 nitrogen and oxygen atoms in total. The van der Waals surface area contributed by atoms with Crippen LogP contribution in [0.1, 0.15) is 18.1 Å². The molecule has 144 valence electrons. The van der Waals surface area contributed by atoms with Crippen LogP contribution in [-0.4, -0.2) is 42.8 Å². The molecule has 0 unspecified atom stereocenters. The summed E-state index contributed by atoms with van der Waals surface area (Å²) in [6, 6.07) is 11.2. The van der Waals surface area contributed by atoms with Crippen molar-refractivity contribution in [2.75, 3.05) is 32.9 Å². The van der Waals surface area contributed by atoms with Gasteiger partial charge < -0.3 is 19.1 Å². The first-order chi connectivity index (χ1) is 13.1. The van der Waals surface area contributed by atoms with E-state index in [9.17, 15) is 0 Å². The van der Waals surface area contributed by atoms with E-state index in [1.165, 1.54) is 0 Å². The van der Waals surface area contributed by atoms with Crippen molar-refractivity contribution in [3.05, 3.63) is 57.6 Å². The Morgan fingerprint density at radius 2 is 1.81 bits per heavy atom. The molecule has 3 rings (SSSR count). The molecule has 1 heterocycles. The SMILES string of the molecule is CCOc1cc(C(=S)N2CCOCC2)ccc1OCc1ccc(Cl)c(Cl)c1. The molecule has 1 fully saturated rings. The average Bonchev–Trinajstić information content (AvgIpc) is 2.70. The van der Waals surface area contributed by atoms with Crippen molar-refractivity contribution < 1.29 is 14.2 Å². The Bertz CT molecular complexity index is 810. The van der Waals surface area contributed by atoms with E-state index in [1.807, 2.05) is 31.2 Å². The van der Waals surface area contributed by atoms with Crippen LogP contribution in [0, 0.1) is 0 Å². The van der Waals surface area contributed by atoms with E-state index in [0.717, 1.165) is 29.2 Å². The van der Waals surface area contributed by atoms with E-state index in [2.05, 4.69) is 4.90 Å². The van der Waals surface area contributed by atoms with Gasteiger partial charge in [0.1, 0.15) is 11.6 Å². The van der Waals surface area contributed by atoms with E-state index in [4.69, 9.17) is 49.6 Å². The highest BCUT2D eigenvalue weighted by molar-refractivity contribution is 7.80. The van der Waals surface area contributed by atoms with E-state index < -0.39 is 0 Å². The van der Waals surface area contributed by atoms with Crippen LogP contribution in [0.4, 0.5) is 0 Å². The van der Waals surface area contributed by atoms with Gasteiger partial charge in [-0.15, -0.1) is 0 Å². The Labute approximate surface area is 174 Å². The standard InChI is InChI=1S/C20H21Cl2NO3S/c1-2-25-19-12-15(20(27)23-7-9-24-10-8-23)4-6-18(19)26-13-14-3-5-16(21)17(22)11-14/h3-6,11-12H,2,7-10,13H2,1H3. The molecule has 0 saturated carbocycles. The fraction of sp³-hybridized carbons (Fsp3) is 0.350. The zero-order valence-electron chi connectivity index (χ0n) is 15.0. The van der Waals surface area contributed by atoms with Gasteiger partial charge in [-0.3, -0.25) is 0 Å². The molecule has 1 aliphatic heterocycles. The van der Waals surface area contributed by atoms with Gasteiger partial charge in [0.15, 0.2) is 11.5 Å². The minimum absolute atomic E-state index is 0.365. The van der Waals surface area contributed by atoms with Crippen LogP contribution in [0.15, 0.2) is 36.4 Å². The number of halogens is 2. The van der Waals surface area contributed by atoms with Crippen LogP contribution >= 0.6 is 35.4 Å². The molecule has 0 aromatic heterocycles. The highest BCUT2D eigenvalue weighted by Crippen LogP contribution is 2.31. The van der Waals surface area contributed by atoms with Gasteiger partial charge in [0, 0.05) is 18.7 Å². The van der Waals surface area contributed by atoms with Crippen molar-refractivity contribution in [3.63, 3.8) is 0 Å². The third-order valence-electron chi connectivity index (χ3n) is 4.17. The minimum atomic E-state index is 0.365. The Hall–Kier alpha value is -1.53. The van der Waals surface area contributed by atoms with Gasteiger partial charge in [-0.2, -0.15) is 0 Å². The molecule has 7 heteroatoms. The molecular weight excluding hydrogens is 405 g/mol. The van der Waals surface area contributed by atoms with E-state index >= 15 is 0 Å². The smallest absolute Gasteiger partial charge is 0.161 e. The summed E-state index contributed by atoms with van der Waals surface area (Å²) in [5, 5.41) is 1.03. The predicted molar refractivity (Wildman–Crippen MR) is 112 cm³/mol. The molecule has 2 aromatic carbocycles. The van der Waals surface area contributed by atoms with Crippen molar-refractivity contribution >= 4 is 40.4 Å². The summed E-state index contributed by atoms with van der Waals surface area (Å²) in [6.07, 6.45) is 0. The first-order valence-corrected chi connectivity index (χ1v) is 9.95. The fourth-order valence-corrected chi connectivity index (χ4v) is 3.40. The lowest BCUT2D eigenvalue weighted by atomic mass is 10.1. The van der Waals surface area contributed by atoms with Gasteiger partial charge in [0.2, 0.25) is 0 Å². The maximum absolute atomic E-state index is 6.07. The van der Waals surface area contributed by atoms with Crippen LogP contribution in [0.2, 0.25) is 10.0 Å². The molecule has 1 saturated heterocycles. The summed E-state index contributed by atoms with van der Waals surface area (Å²) < 4.78 is 17.1. The summed E-state index contributed by atoms with van der Waals surface area (Å²) in [5.41, 5.74) is 1.87. The second-order valence-electron chi connectivity index (χ2n) is 6.04. The monoisotopic (exact) mass is 425 g/mol. The average molecular weight is 426 g/mol. The van der Waals surface area contributed by atoms with Crippen LogP contribution < -0.4 is 9.47 Å². The van der Waals surface area contributed by atoms with Crippen molar-refractivity contribution in [2.24, 2.45) is 0 Å². The summed E-state index contributed by atoms with van der Waals surface area (Å²) >= 11 is 17.7. The van der Waals surface area contributed by atoms with Gasteiger partial charge in [0.25, 0.3) is 0 Å². The molecule has 27 heavy (non-hydrogen) atoms. The largest absolute Gasteiger partial charge is 0.490 e. The number of rotatable bonds is 6. The number of ether oxygens (including phenoxy) is 3. The normalized spacial score (nSPS) is 14.1. The second kappa shape index (κ2) is 9.60. The van der Waals surface area contributed by atoms with E-state index in [0.29, 0.717) is 48.0 Å². The third kappa shape index (κ3) is 5.26. The summed E-state index contributed by atoms with van der Waals surface area (Å²) in [5.74, 6) is 1.34. The first kappa shape index (κ1) is 20.2. The lowest BCUT2D eigenvalue weighted by Gasteiger charge is -2.29. The molecule has 0 aliphatic carbocycles. The quantitative estimate of drug-likeness (QED) is 0.609. The number of morpholine rings is 1. The van der Waals surface area contributed by atoms with Gasteiger partial charge in [-0.05, 0) is 42.8 Å². The zero-order chi connectivity index (χ0) is 19.2. The third-order valence-corrected chi connectivity index (χ3v) is 5.40. The van der Waals surface area contributed by atoms with Crippen molar-refractivity contribution in [1.29, 1.82) is 0 Å². The summed E-state index contributed by atoms with van der Waals surface area (Å²) in [4.78, 5) is 2.95. The lowest BCUT2D eigenvalue weighted by molar-refractivity contribution is 0.0693. The fourth-order valence-electron chi connectivity index (χ4n) is 2.77. The van der Waals surface area contributed by atoms with Crippen LogP contribution in [-0.2, 0) is 11.3 Å². The minimum Gasteiger partial charge on any atom is -0.490 e. The van der Waals surface area contributed by atoms with E-state index in [-0.39, 0.29) is 0 Å². The maximum atomic E-state index is 6.07. The zero-order valence-corrected chi connectivity index (χ0v) is 17.4. The molecular formula is C20H21Cl2NO3S. The van der Waals surface area contributed by atoms with Gasteiger partial charge >= 0.3 is 0 Å². The number of hydrogen-bond acceptors (Lipinski definition) is 4. The lowest BCUT2D eigenvalue weighted by Crippen LogP contribution is -2.40. The van der Waals surface area contributed by atoms with Gasteiger partial charge in [-0.1, -0.05) is 41.5 Å². The van der Waals surface area contributed by atoms with Crippen LogP contribution in [0.25, 0.3) is 0 Å². The van der Waals surface area contributed by atoms with Crippen LogP contribution in [0.5, 0.6) is 11.5 Å². The molecule has 0 amide bonds. The number of nitrogens with zero attached hydrogens (tertiary/aromatic N) is 1. The number of hydrogen-bond donors (Lipinski definition) is 0. The molecule has 0 atom stereocenters. The Morgan fingerprint density at radius 3 is 2.52 bits per heavy atom. The molecule has 0 N–H and O–H groups in total. The molecule has 0 radical (unpaired) electrons. The van der Waals surface area contributed by atoms with Crippen molar-refractivity contribution in [2.45, 2.75) is 13.5 Å². The Kier molecular flexibility index (Phi) is 7.19. The molecule has 1 aliphatic rings. The van der Waals surface area contributed by atoms with E-state index in [1.54, 1.807) is 12.1 Å². The summed E-state index contributed by atoms with van der Waals surface area (Å²) in [7, 11) is 0. The Morgan fingerprint density at radius 1 is 1.04 bits per heavy atom. The van der Waals surface area contributed by atoms with Crippen molar-refractivity contribution in [1.82, 2.24) is 4.90 Å². The van der Waals surface area contributed by atoms with Crippen LogP contribution in [0.3, 0.4) is 0 Å². The molecule has 0 bridgehead atoms. The highest BCUT2D eigenvalue weighted by atomic mass is 35.5. The van der Waals surface area contributed by atoms with Crippen molar-refractivity contribution in [3.8, 4) is 11.5 Å². The highest BCUT2D eigenvalue weighted by Gasteiger charge is 2.17. The molecule has 0 spiro atoms. The topological polar surface area (TPSA) is 30.9 Å². The maximum Gasteiger partial charge on any atom is 0.161 e.